The maximum atomic E-state index is 12.8. The second-order valence-electron chi connectivity index (χ2n) is 5.92. The third kappa shape index (κ3) is 5.97. The number of benzene rings is 1. The SMILES string of the molecule is CN(C[C@H]1CCCNC1)C(=O)CCSCc1ccc(F)cc1. The van der Waals surface area contributed by atoms with Gasteiger partial charge in [-0.25, -0.2) is 4.39 Å². The molecule has 1 N–H and O–H groups in total. The lowest BCUT2D eigenvalue weighted by Crippen LogP contribution is -2.39. The Morgan fingerprint density at radius 2 is 2.18 bits per heavy atom. The normalized spacial score (nSPS) is 18.2. The number of rotatable bonds is 7. The van der Waals surface area contributed by atoms with E-state index in [0.717, 1.165) is 36.7 Å². The Labute approximate surface area is 136 Å². The largest absolute Gasteiger partial charge is 0.345 e. The summed E-state index contributed by atoms with van der Waals surface area (Å²) in [6, 6.07) is 6.55. The maximum absolute atomic E-state index is 12.8. The number of carbonyl (C=O) groups excluding carboxylic acids is 1. The molecule has 0 spiro atoms. The minimum Gasteiger partial charge on any atom is -0.345 e. The molecule has 1 saturated heterocycles. The molecular formula is C17H25FN2OS. The van der Waals surface area contributed by atoms with Gasteiger partial charge < -0.3 is 10.2 Å². The first-order chi connectivity index (χ1) is 10.6. The van der Waals surface area contributed by atoms with Gasteiger partial charge in [0.2, 0.25) is 5.91 Å². The van der Waals surface area contributed by atoms with Gasteiger partial charge in [-0.1, -0.05) is 12.1 Å². The van der Waals surface area contributed by atoms with Crippen LogP contribution in [-0.4, -0.2) is 43.2 Å². The van der Waals surface area contributed by atoms with Crippen molar-refractivity contribution in [3.8, 4) is 0 Å². The topological polar surface area (TPSA) is 32.3 Å². The van der Waals surface area contributed by atoms with Crippen LogP contribution in [0, 0.1) is 11.7 Å². The van der Waals surface area contributed by atoms with Crippen molar-refractivity contribution >= 4 is 17.7 Å². The molecule has 122 valence electrons. The van der Waals surface area contributed by atoms with Crippen molar-refractivity contribution in [1.82, 2.24) is 10.2 Å². The Bertz CT molecular complexity index is 460. The first-order valence-corrected chi connectivity index (χ1v) is 9.07. The van der Waals surface area contributed by atoms with Crippen molar-refractivity contribution in [3.63, 3.8) is 0 Å². The highest BCUT2D eigenvalue weighted by Gasteiger charge is 2.17. The number of nitrogens with one attached hydrogen (secondary N) is 1. The van der Waals surface area contributed by atoms with Crippen LogP contribution < -0.4 is 5.32 Å². The molecule has 3 nitrogen and oxygen atoms in total. The Morgan fingerprint density at radius 3 is 2.86 bits per heavy atom. The number of carbonyl (C=O) groups is 1. The molecular weight excluding hydrogens is 299 g/mol. The zero-order valence-corrected chi connectivity index (χ0v) is 14.0. The predicted molar refractivity (Wildman–Crippen MR) is 90.4 cm³/mol. The minimum absolute atomic E-state index is 0.206. The summed E-state index contributed by atoms with van der Waals surface area (Å²) in [6.45, 7) is 2.99. The van der Waals surface area contributed by atoms with Gasteiger partial charge in [-0.3, -0.25) is 4.79 Å². The lowest BCUT2D eigenvalue weighted by atomic mass is 9.99. The zero-order chi connectivity index (χ0) is 15.8. The van der Waals surface area contributed by atoms with Crippen LogP contribution in [0.3, 0.4) is 0 Å². The summed E-state index contributed by atoms with van der Waals surface area (Å²) < 4.78 is 12.8. The highest BCUT2D eigenvalue weighted by molar-refractivity contribution is 7.98. The smallest absolute Gasteiger partial charge is 0.223 e. The van der Waals surface area contributed by atoms with Gasteiger partial charge in [0.1, 0.15) is 5.82 Å². The predicted octanol–water partition coefficient (Wildman–Crippen LogP) is 2.91. The first kappa shape index (κ1) is 17.3. The van der Waals surface area contributed by atoms with Gasteiger partial charge in [-0.2, -0.15) is 11.8 Å². The van der Waals surface area contributed by atoms with Crippen LogP contribution in [0.1, 0.15) is 24.8 Å². The number of hydrogen-bond acceptors (Lipinski definition) is 3. The minimum atomic E-state index is -0.206. The molecule has 5 heteroatoms. The second kappa shape index (κ2) is 9.16. The number of piperidine rings is 1. The molecule has 22 heavy (non-hydrogen) atoms. The van der Waals surface area contributed by atoms with E-state index < -0.39 is 0 Å². The lowest BCUT2D eigenvalue weighted by Gasteiger charge is -2.27. The molecule has 1 aliphatic heterocycles. The highest BCUT2D eigenvalue weighted by atomic mass is 32.2. The van der Waals surface area contributed by atoms with Gasteiger partial charge in [0.25, 0.3) is 0 Å². The summed E-state index contributed by atoms with van der Waals surface area (Å²) in [4.78, 5) is 14.0. The molecule has 2 rings (SSSR count). The van der Waals surface area contributed by atoms with E-state index in [1.54, 1.807) is 23.9 Å². The van der Waals surface area contributed by atoms with Crippen LogP contribution in [0.15, 0.2) is 24.3 Å². The molecule has 0 unspecified atom stereocenters. The van der Waals surface area contributed by atoms with Crippen molar-refractivity contribution < 1.29 is 9.18 Å². The van der Waals surface area contributed by atoms with E-state index in [9.17, 15) is 9.18 Å². The van der Waals surface area contributed by atoms with Crippen LogP contribution >= 0.6 is 11.8 Å². The van der Waals surface area contributed by atoms with Crippen molar-refractivity contribution in [2.24, 2.45) is 5.92 Å². The van der Waals surface area contributed by atoms with E-state index in [-0.39, 0.29) is 11.7 Å². The zero-order valence-electron chi connectivity index (χ0n) is 13.2. The number of nitrogens with zero attached hydrogens (tertiary/aromatic N) is 1. The number of halogens is 1. The van der Waals surface area contributed by atoms with E-state index in [1.165, 1.54) is 25.0 Å². The van der Waals surface area contributed by atoms with E-state index >= 15 is 0 Å². The van der Waals surface area contributed by atoms with E-state index in [0.29, 0.717) is 12.3 Å². The second-order valence-corrected chi connectivity index (χ2v) is 7.02. The molecule has 0 aromatic heterocycles. The van der Waals surface area contributed by atoms with Crippen LogP contribution in [0.4, 0.5) is 4.39 Å². The average molecular weight is 324 g/mol. The molecule has 1 heterocycles. The third-order valence-electron chi connectivity index (χ3n) is 4.00. The number of amides is 1. The third-order valence-corrected chi connectivity index (χ3v) is 5.03. The fourth-order valence-corrected chi connectivity index (χ4v) is 3.58. The van der Waals surface area contributed by atoms with Gasteiger partial charge in [0, 0.05) is 31.5 Å². The van der Waals surface area contributed by atoms with E-state index in [4.69, 9.17) is 0 Å². The van der Waals surface area contributed by atoms with Gasteiger partial charge in [0.15, 0.2) is 0 Å². The molecule has 1 amide bonds. The van der Waals surface area contributed by atoms with Crippen LogP contribution in [0.25, 0.3) is 0 Å². The summed E-state index contributed by atoms with van der Waals surface area (Å²) in [5, 5.41) is 3.38. The molecule has 1 aliphatic rings. The lowest BCUT2D eigenvalue weighted by molar-refractivity contribution is -0.130. The Kier molecular flexibility index (Phi) is 7.19. The summed E-state index contributed by atoms with van der Waals surface area (Å²) in [7, 11) is 1.90. The van der Waals surface area contributed by atoms with E-state index in [2.05, 4.69) is 5.32 Å². The summed E-state index contributed by atoms with van der Waals surface area (Å²) in [5.74, 6) is 2.24. The molecule has 1 aromatic rings. The molecule has 0 saturated carbocycles. The highest BCUT2D eigenvalue weighted by Crippen LogP contribution is 2.15. The summed E-state index contributed by atoms with van der Waals surface area (Å²) in [5.41, 5.74) is 1.10. The molecule has 0 aliphatic carbocycles. The van der Waals surface area contributed by atoms with E-state index in [1.807, 2.05) is 11.9 Å². The number of thioether (sulfide) groups is 1. The Balaban J connectivity index is 1.61. The maximum Gasteiger partial charge on any atom is 0.223 e. The van der Waals surface area contributed by atoms with Gasteiger partial charge in [-0.15, -0.1) is 0 Å². The monoisotopic (exact) mass is 324 g/mol. The van der Waals surface area contributed by atoms with Crippen LogP contribution in [-0.2, 0) is 10.5 Å². The van der Waals surface area contributed by atoms with Crippen molar-refractivity contribution in [2.75, 3.05) is 32.4 Å². The van der Waals surface area contributed by atoms with Crippen molar-refractivity contribution in [3.05, 3.63) is 35.6 Å². The summed E-state index contributed by atoms with van der Waals surface area (Å²) >= 11 is 1.72. The van der Waals surface area contributed by atoms with Crippen LogP contribution in [0.2, 0.25) is 0 Å². The standard InChI is InChI=1S/C17H25FN2OS/c1-20(12-15-3-2-9-19-11-15)17(21)8-10-22-13-14-4-6-16(18)7-5-14/h4-7,15,19H,2-3,8-13H2,1H3/t15-/m0/s1. The van der Waals surface area contributed by atoms with Gasteiger partial charge in [0.05, 0.1) is 0 Å². The molecule has 1 fully saturated rings. The van der Waals surface area contributed by atoms with Gasteiger partial charge in [-0.05, 0) is 49.5 Å². The molecule has 1 aromatic carbocycles. The molecule has 1 atom stereocenters. The Hall–Kier alpha value is -1.07. The quantitative estimate of drug-likeness (QED) is 0.783. The average Bonchev–Trinajstić information content (AvgIpc) is 2.54. The Morgan fingerprint density at radius 1 is 1.41 bits per heavy atom. The van der Waals surface area contributed by atoms with Crippen molar-refractivity contribution in [1.29, 1.82) is 0 Å². The first-order valence-electron chi connectivity index (χ1n) is 7.92. The fourth-order valence-electron chi connectivity index (χ4n) is 2.69. The number of hydrogen-bond donors (Lipinski definition) is 1. The fraction of sp³-hybridized carbons (Fsp3) is 0.588. The molecule has 0 bridgehead atoms. The van der Waals surface area contributed by atoms with Crippen molar-refractivity contribution in [2.45, 2.75) is 25.0 Å². The molecule has 0 radical (unpaired) electrons. The summed E-state index contributed by atoms with van der Waals surface area (Å²) in [6.07, 6.45) is 2.99. The van der Waals surface area contributed by atoms with Gasteiger partial charge >= 0.3 is 0 Å². The van der Waals surface area contributed by atoms with Crippen LogP contribution in [0.5, 0.6) is 0 Å².